The first-order chi connectivity index (χ1) is 9.36. The summed E-state index contributed by atoms with van der Waals surface area (Å²) in [6.07, 6.45) is 3.27. The Balaban J connectivity index is 2.03. The molecule has 0 unspecified atom stereocenters. The molecule has 94 valence electrons. The first-order valence-corrected chi connectivity index (χ1v) is 5.71. The summed E-state index contributed by atoms with van der Waals surface area (Å²) in [6.45, 7) is 0. The highest BCUT2D eigenvalue weighted by Gasteiger charge is 2.04. The van der Waals surface area contributed by atoms with Crippen LogP contribution in [-0.2, 0) is 0 Å². The summed E-state index contributed by atoms with van der Waals surface area (Å²) in [6, 6.07) is 9.68. The molecule has 2 heterocycles. The molecule has 0 spiro atoms. The molecule has 0 radical (unpaired) electrons. The molecule has 2 aromatic heterocycles. The van der Waals surface area contributed by atoms with E-state index in [0.29, 0.717) is 5.95 Å². The number of hydrogen-bond donors (Lipinski definition) is 1. The normalized spacial score (nSPS) is 10.4. The smallest absolute Gasteiger partial charge is 0.222 e. The Kier molecular flexibility index (Phi) is 2.85. The van der Waals surface area contributed by atoms with Gasteiger partial charge >= 0.3 is 0 Å². The van der Waals surface area contributed by atoms with Crippen LogP contribution in [0.25, 0.3) is 16.9 Å². The molecule has 1 N–H and O–H groups in total. The van der Waals surface area contributed by atoms with Crippen molar-refractivity contribution in [1.82, 2.24) is 30.2 Å². The highest BCUT2D eigenvalue weighted by molar-refractivity contribution is 5.62. The van der Waals surface area contributed by atoms with Gasteiger partial charge in [0.1, 0.15) is 6.33 Å². The van der Waals surface area contributed by atoms with Gasteiger partial charge in [0.15, 0.2) is 0 Å². The van der Waals surface area contributed by atoms with Crippen LogP contribution in [0.15, 0.2) is 42.9 Å². The molecule has 19 heavy (non-hydrogen) atoms. The molecule has 3 rings (SSSR count). The molecular formula is C12H11N7. The molecule has 0 fully saturated rings. The largest absolute Gasteiger partial charge is 0.357 e. The van der Waals surface area contributed by atoms with Crippen LogP contribution in [0.5, 0.6) is 0 Å². The SMILES string of the molecule is CNc1nccc(-c2cccc(-n3cnnn3)c2)n1. The van der Waals surface area contributed by atoms with Gasteiger partial charge in [-0.1, -0.05) is 12.1 Å². The molecule has 0 aliphatic heterocycles. The van der Waals surface area contributed by atoms with Crippen molar-refractivity contribution in [2.75, 3.05) is 12.4 Å². The first kappa shape index (κ1) is 11.3. The van der Waals surface area contributed by atoms with Crippen LogP contribution in [0.3, 0.4) is 0 Å². The van der Waals surface area contributed by atoms with Crippen molar-refractivity contribution in [1.29, 1.82) is 0 Å². The minimum absolute atomic E-state index is 0.588. The summed E-state index contributed by atoms with van der Waals surface area (Å²) in [5, 5.41) is 14.0. The Morgan fingerprint density at radius 3 is 2.95 bits per heavy atom. The Morgan fingerprint density at radius 2 is 2.16 bits per heavy atom. The fourth-order valence-corrected chi connectivity index (χ4v) is 1.73. The highest BCUT2D eigenvalue weighted by Crippen LogP contribution is 2.20. The van der Waals surface area contributed by atoms with Gasteiger partial charge in [-0.15, -0.1) is 5.10 Å². The second kappa shape index (κ2) is 4.81. The van der Waals surface area contributed by atoms with Crippen LogP contribution in [0.1, 0.15) is 0 Å². The lowest BCUT2D eigenvalue weighted by molar-refractivity contribution is 0.789. The van der Waals surface area contributed by atoms with E-state index in [4.69, 9.17) is 0 Å². The second-order valence-corrected chi connectivity index (χ2v) is 3.82. The Hall–Kier alpha value is -2.83. The third-order valence-electron chi connectivity index (χ3n) is 2.63. The van der Waals surface area contributed by atoms with Crippen LogP contribution in [0.4, 0.5) is 5.95 Å². The Bertz CT molecular complexity index is 678. The van der Waals surface area contributed by atoms with E-state index in [1.165, 1.54) is 0 Å². The van der Waals surface area contributed by atoms with E-state index in [2.05, 4.69) is 30.8 Å². The molecule has 0 saturated carbocycles. The molecule has 1 aromatic carbocycles. The highest BCUT2D eigenvalue weighted by atomic mass is 15.5. The van der Waals surface area contributed by atoms with E-state index in [9.17, 15) is 0 Å². The Morgan fingerprint density at radius 1 is 1.21 bits per heavy atom. The maximum absolute atomic E-state index is 4.40. The molecule has 0 bridgehead atoms. The molecule has 3 aromatic rings. The quantitative estimate of drug-likeness (QED) is 0.754. The third kappa shape index (κ3) is 2.25. The molecular weight excluding hydrogens is 242 g/mol. The van der Waals surface area contributed by atoms with Gasteiger partial charge in [-0.2, -0.15) is 0 Å². The molecule has 0 aliphatic rings. The first-order valence-electron chi connectivity index (χ1n) is 5.71. The van der Waals surface area contributed by atoms with Crippen LogP contribution in [-0.4, -0.2) is 37.2 Å². The zero-order valence-corrected chi connectivity index (χ0v) is 10.2. The molecule has 0 atom stereocenters. The van der Waals surface area contributed by atoms with Gasteiger partial charge in [0, 0.05) is 18.8 Å². The van der Waals surface area contributed by atoms with Crippen LogP contribution >= 0.6 is 0 Å². The van der Waals surface area contributed by atoms with Crippen molar-refractivity contribution in [2.24, 2.45) is 0 Å². The van der Waals surface area contributed by atoms with E-state index in [1.807, 2.05) is 30.3 Å². The number of hydrogen-bond acceptors (Lipinski definition) is 6. The zero-order chi connectivity index (χ0) is 13.1. The standard InChI is InChI=1S/C12H11N7/c1-13-12-14-6-5-11(16-12)9-3-2-4-10(7-9)19-8-15-17-18-19/h2-8H,1H3,(H,13,14,16). The summed E-state index contributed by atoms with van der Waals surface area (Å²) in [5.41, 5.74) is 2.70. The van der Waals surface area contributed by atoms with E-state index in [0.717, 1.165) is 16.9 Å². The van der Waals surface area contributed by atoms with Crippen LogP contribution in [0, 0.1) is 0 Å². The van der Waals surface area contributed by atoms with Crippen LogP contribution in [0.2, 0.25) is 0 Å². The zero-order valence-electron chi connectivity index (χ0n) is 10.2. The summed E-state index contributed by atoms with van der Waals surface area (Å²) in [5.74, 6) is 0.588. The number of rotatable bonds is 3. The van der Waals surface area contributed by atoms with Crippen molar-refractivity contribution in [3.8, 4) is 16.9 Å². The second-order valence-electron chi connectivity index (χ2n) is 3.82. The lowest BCUT2D eigenvalue weighted by Gasteiger charge is -2.05. The number of nitrogens with zero attached hydrogens (tertiary/aromatic N) is 6. The van der Waals surface area contributed by atoms with Gasteiger partial charge in [0.25, 0.3) is 0 Å². The van der Waals surface area contributed by atoms with Gasteiger partial charge in [-0.25, -0.2) is 14.6 Å². The van der Waals surface area contributed by atoms with E-state index >= 15 is 0 Å². The number of benzene rings is 1. The van der Waals surface area contributed by atoms with E-state index in [1.54, 1.807) is 24.3 Å². The molecule has 0 saturated heterocycles. The lowest BCUT2D eigenvalue weighted by atomic mass is 10.1. The molecule has 7 nitrogen and oxygen atoms in total. The van der Waals surface area contributed by atoms with E-state index in [-0.39, 0.29) is 0 Å². The van der Waals surface area contributed by atoms with Crippen molar-refractivity contribution >= 4 is 5.95 Å². The third-order valence-corrected chi connectivity index (χ3v) is 2.63. The Labute approximate surface area is 109 Å². The van der Waals surface area contributed by atoms with Crippen molar-refractivity contribution in [3.05, 3.63) is 42.9 Å². The van der Waals surface area contributed by atoms with Crippen molar-refractivity contribution < 1.29 is 0 Å². The fourth-order valence-electron chi connectivity index (χ4n) is 1.73. The monoisotopic (exact) mass is 253 g/mol. The average molecular weight is 253 g/mol. The fraction of sp³-hybridized carbons (Fsp3) is 0.0833. The van der Waals surface area contributed by atoms with E-state index < -0.39 is 0 Å². The van der Waals surface area contributed by atoms with Crippen LogP contribution < -0.4 is 5.32 Å². The minimum Gasteiger partial charge on any atom is -0.357 e. The average Bonchev–Trinajstić information content (AvgIpc) is 3.02. The number of anilines is 1. The van der Waals surface area contributed by atoms with Gasteiger partial charge in [-0.3, -0.25) is 0 Å². The molecule has 0 amide bonds. The predicted octanol–water partition coefficient (Wildman–Crippen LogP) is 1.16. The number of tetrazole rings is 1. The molecule has 0 aliphatic carbocycles. The summed E-state index contributed by atoms with van der Waals surface area (Å²) in [4.78, 5) is 8.50. The minimum atomic E-state index is 0.588. The lowest BCUT2D eigenvalue weighted by Crippen LogP contribution is -1.98. The van der Waals surface area contributed by atoms with Gasteiger partial charge in [0.05, 0.1) is 11.4 Å². The maximum Gasteiger partial charge on any atom is 0.222 e. The summed E-state index contributed by atoms with van der Waals surface area (Å²) >= 11 is 0. The van der Waals surface area contributed by atoms with Gasteiger partial charge < -0.3 is 5.32 Å². The number of nitrogens with one attached hydrogen (secondary N) is 1. The van der Waals surface area contributed by atoms with Gasteiger partial charge in [0.2, 0.25) is 5.95 Å². The number of aromatic nitrogens is 6. The van der Waals surface area contributed by atoms with Crippen molar-refractivity contribution in [2.45, 2.75) is 0 Å². The van der Waals surface area contributed by atoms with Crippen molar-refractivity contribution in [3.63, 3.8) is 0 Å². The van der Waals surface area contributed by atoms with Gasteiger partial charge in [-0.05, 0) is 28.6 Å². The maximum atomic E-state index is 4.40. The molecule has 7 heteroatoms. The topological polar surface area (TPSA) is 81.4 Å². The summed E-state index contributed by atoms with van der Waals surface area (Å²) in [7, 11) is 1.79. The predicted molar refractivity (Wildman–Crippen MR) is 69.7 cm³/mol. The summed E-state index contributed by atoms with van der Waals surface area (Å²) < 4.78 is 1.60.